The minimum atomic E-state index is 0.578. The van der Waals surface area contributed by atoms with Crippen molar-refractivity contribution >= 4 is 0 Å². The van der Waals surface area contributed by atoms with Crippen LogP contribution in [0.3, 0.4) is 0 Å². The van der Waals surface area contributed by atoms with E-state index in [1.165, 1.54) is 57.8 Å². The van der Waals surface area contributed by atoms with Gasteiger partial charge in [0.2, 0.25) is 0 Å². The molecule has 0 bridgehead atoms. The van der Waals surface area contributed by atoms with Gasteiger partial charge in [-0.1, -0.05) is 46.0 Å². The van der Waals surface area contributed by atoms with E-state index in [-0.39, 0.29) is 0 Å². The lowest BCUT2D eigenvalue weighted by atomic mass is 9.63. The maximum atomic E-state index is 3.70. The van der Waals surface area contributed by atoms with Gasteiger partial charge in [-0.3, -0.25) is 0 Å². The van der Waals surface area contributed by atoms with Crippen LogP contribution in [-0.2, 0) is 0 Å². The molecule has 0 aliphatic heterocycles. The van der Waals surface area contributed by atoms with Crippen molar-refractivity contribution in [2.75, 3.05) is 7.05 Å². The normalized spacial score (nSPS) is 35.5. The van der Waals surface area contributed by atoms with Crippen molar-refractivity contribution in [2.45, 2.75) is 77.7 Å². The Bertz CT molecular complexity index is 230. The lowest BCUT2D eigenvalue weighted by molar-refractivity contribution is 0.0805. The summed E-state index contributed by atoms with van der Waals surface area (Å²) in [5.74, 6) is 1.89. The summed E-state index contributed by atoms with van der Waals surface area (Å²) in [4.78, 5) is 0. The quantitative estimate of drug-likeness (QED) is 0.768. The fraction of sp³-hybridized carbons (Fsp3) is 1.00. The Hall–Kier alpha value is -0.0400. The van der Waals surface area contributed by atoms with E-state index in [0.717, 1.165) is 17.9 Å². The van der Waals surface area contributed by atoms with Crippen molar-refractivity contribution < 1.29 is 0 Å². The first-order valence-corrected chi connectivity index (χ1v) is 7.83. The second kappa shape index (κ2) is 5.73. The largest absolute Gasteiger partial charge is 0.316 e. The van der Waals surface area contributed by atoms with Gasteiger partial charge in [-0.2, -0.15) is 0 Å². The Morgan fingerprint density at radius 2 is 1.76 bits per heavy atom. The average Bonchev–Trinajstić information content (AvgIpc) is 2.30. The van der Waals surface area contributed by atoms with Gasteiger partial charge in [0.25, 0.3) is 0 Å². The van der Waals surface area contributed by atoms with E-state index in [1.807, 2.05) is 0 Å². The summed E-state index contributed by atoms with van der Waals surface area (Å²) < 4.78 is 0. The standard InChI is InChI=1S/C16H31N/c1-13-8-7-9-14(12-13)15(17-3)16(2)10-5-4-6-11-16/h13-15,17H,4-12H2,1-3H3. The number of hydrogen-bond acceptors (Lipinski definition) is 1. The summed E-state index contributed by atoms with van der Waals surface area (Å²) in [6.07, 6.45) is 13.1. The molecular formula is C16H31N. The van der Waals surface area contributed by atoms with Crippen LogP contribution >= 0.6 is 0 Å². The third-order valence-electron chi connectivity index (χ3n) is 5.51. The fourth-order valence-electron chi connectivity index (χ4n) is 4.61. The average molecular weight is 237 g/mol. The molecule has 2 saturated carbocycles. The Morgan fingerprint density at radius 1 is 1.06 bits per heavy atom. The molecule has 0 saturated heterocycles. The number of rotatable bonds is 3. The van der Waals surface area contributed by atoms with Gasteiger partial charge in [-0.15, -0.1) is 0 Å². The summed E-state index contributed by atoms with van der Waals surface area (Å²) in [7, 11) is 2.20. The van der Waals surface area contributed by atoms with E-state index in [2.05, 4.69) is 26.2 Å². The second-order valence-corrected chi connectivity index (χ2v) is 7.01. The van der Waals surface area contributed by atoms with E-state index in [4.69, 9.17) is 0 Å². The van der Waals surface area contributed by atoms with Crippen LogP contribution in [0.4, 0.5) is 0 Å². The minimum Gasteiger partial charge on any atom is -0.316 e. The van der Waals surface area contributed by atoms with Crippen LogP contribution in [-0.4, -0.2) is 13.1 Å². The Kier molecular flexibility index (Phi) is 4.52. The van der Waals surface area contributed by atoms with E-state index in [1.54, 1.807) is 0 Å². The first-order valence-electron chi connectivity index (χ1n) is 7.83. The van der Waals surface area contributed by atoms with Crippen molar-refractivity contribution in [2.24, 2.45) is 17.3 Å². The summed E-state index contributed by atoms with van der Waals surface area (Å²) >= 11 is 0. The lowest BCUT2D eigenvalue weighted by Crippen LogP contribution is -2.49. The van der Waals surface area contributed by atoms with Gasteiger partial charge in [0.05, 0.1) is 0 Å². The van der Waals surface area contributed by atoms with E-state index < -0.39 is 0 Å². The Labute approximate surface area is 108 Å². The molecule has 3 unspecified atom stereocenters. The van der Waals surface area contributed by atoms with Crippen LogP contribution in [0.1, 0.15) is 71.6 Å². The van der Waals surface area contributed by atoms with Crippen LogP contribution in [0.5, 0.6) is 0 Å². The highest BCUT2D eigenvalue weighted by Crippen LogP contribution is 2.44. The molecule has 0 aromatic rings. The van der Waals surface area contributed by atoms with Gasteiger partial charge in [0.15, 0.2) is 0 Å². The molecule has 2 aliphatic rings. The summed E-state index contributed by atoms with van der Waals surface area (Å²) in [6.45, 7) is 4.99. The Morgan fingerprint density at radius 3 is 2.35 bits per heavy atom. The first-order chi connectivity index (χ1) is 8.15. The maximum absolute atomic E-state index is 3.70. The van der Waals surface area contributed by atoms with Crippen LogP contribution in [0.2, 0.25) is 0 Å². The molecule has 0 spiro atoms. The summed E-state index contributed by atoms with van der Waals surface area (Å²) in [5.41, 5.74) is 0.578. The fourth-order valence-corrected chi connectivity index (χ4v) is 4.61. The molecule has 0 heterocycles. The molecular weight excluding hydrogens is 206 g/mol. The second-order valence-electron chi connectivity index (χ2n) is 7.01. The van der Waals surface area contributed by atoms with Crippen LogP contribution in [0, 0.1) is 17.3 Å². The number of hydrogen-bond donors (Lipinski definition) is 1. The third kappa shape index (κ3) is 3.05. The number of nitrogens with one attached hydrogen (secondary N) is 1. The highest BCUT2D eigenvalue weighted by atomic mass is 14.9. The molecule has 100 valence electrons. The van der Waals surface area contributed by atoms with Crippen molar-refractivity contribution in [1.29, 1.82) is 0 Å². The maximum Gasteiger partial charge on any atom is 0.0146 e. The van der Waals surface area contributed by atoms with E-state index >= 15 is 0 Å². The molecule has 0 radical (unpaired) electrons. The molecule has 2 rings (SSSR count). The van der Waals surface area contributed by atoms with Gasteiger partial charge in [-0.05, 0) is 50.0 Å². The summed E-state index contributed by atoms with van der Waals surface area (Å²) in [5, 5.41) is 3.70. The van der Waals surface area contributed by atoms with Crippen molar-refractivity contribution in [3.05, 3.63) is 0 Å². The van der Waals surface area contributed by atoms with Crippen molar-refractivity contribution in [1.82, 2.24) is 5.32 Å². The highest BCUT2D eigenvalue weighted by molar-refractivity contribution is 4.94. The summed E-state index contributed by atoms with van der Waals surface area (Å²) in [6, 6.07) is 0.769. The van der Waals surface area contributed by atoms with Crippen LogP contribution < -0.4 is 5.32 Å². The van der Waals surface area contributed by atoms with Crippen molar-refractivity contribution in [3.63, 3.8) is 0 Å². The predicted molar refractivity (Wildman–Crippen MR) is 75.2 cm³/mol. The third-order valence-corrected chi connectivity index (χ3v) is 5.51. The van der Waals surface area contributed by atoms with Crippen LogP contribution in [0.15, 0.2) is 0 Å². The van der Waals surface area contributed by atoms with E-state index in [9.17, 15) is 0 Å². The van der Waals surface area contributed by atoms with Crippen molar-refractivity contribution in [3.8, 4) is 0 Å². The van der Waals surface area contributed by atoms with Gasteiger partial charge < -0.3 is 5.32 Å². The smallest absolute Gasteiger partial charge is 0.0146 e. The van der Waals surface area contributed by atoms with Crippen LogP contribution in [0.25, 0.3) is 0 Å². The zero-order chi connectivity index (χ0) is 12.3. The van der Waals surface area contributed by atoms with Gasteiger partial charge in [0, 0.05) is 6.04 Å². The first kappa shape index (κ1) is 13.4. The van der Waals surface area contributed by atoms with Gasteiger partial charge in [-0.25, -0.2) is 0 Å². The monoisotopic (exact) mass is 237 g/mol. The molecule has 2 fully saturated rings. The highest BCUT2D eigenvalue weighted by Gasteiger charge is 2.39. The molecule has 0 aromatic heterocycles. The zero-order valence-corrected chi connectivity index (χ0v) is 12.1. The lowest BCUT2D eigenvalue weighted by Gasteiger charge is -2.46. The SMILES string of the molecule is CNC(C1CCCC(C)C1)C1(C)CCCCC1. The molecule has 0 amide bonds. The topological polar surface area (TPSA) is 12.0 Å². The van der Waals surface area contributed by atoms with E-state index in [0.29, 0.717) is 5.41 Å². The molecule has 3 atom stereocenters. The molecule has 1 N–H and O–H groups in total. The molecule has 0 aromatic carbocycles. The van der Waals surface area contributed by atoms with Gasteiger partial charge in [0.1, 0.15) is 0 Å². The Balaban J connectivity index is 2.03. The minimum absolute atomic E-state index is 0.578. The molecule has 1 nitrogen and oxygen atoms in total. The molecule has 1 heteroatoms. The van der Waals surface area contributed by atoms with Gasteiger partial charge >= 0.3 is 0 Å². The molecule has 2 aliphatic carbocycles. The predicted octanol–water partition coefficient (Wildman–Crippen LogP) is 4.37. The molecule has 17 heavy (non-hydrogen) atoms. The zero-order valence-electron chi connectivity index (χ0n) is 12.1.